The molecule has 1 aromatic carbocycles. The molecule has 2 heterocycles. The fraction of sp³-hybridized carbons (Fsp3) is 0.316. The average molecular weight is 326 g/mol. The van der Waals surface area contributed by atoms with Crippen LogP contribution in [-0.2, 0) is 9.53 Å². The van der Waals surface area contributed by atoms with Crippen molar-refractivity contribution in [2.24, 2.45) is 0 Å². The second-order valence-corrected chi connectivity index (χ2v) is 5.63. The number of hydrogen-bond donors (Lipinski definition) is 0. The predicted molar refractivity (Wildman–Crippen MR) is 93.8 cm³/mol. The second-order valence-electron chi connectivity index (χ2n) is 5.63. The van der Waals surface area contributed by atoms with E-state index in [0.717, 1.165) is 38.5 Å². The smallest absolute Gasteiger partial charge is 0.251 e. The van der Waals surface area contributed by atoms with Gasteiger partial charge in [0.2, 0.25) is 0 Å². The fourth-order valence-corrected chi connectivity index (χ4v) is 2.67. The van der Waals surface area contributed by atoms with Gasteiger partial charge in [-0.25, -0.2) is 0 Å². The third kappa shape index (κ3) is 4.57. The molecule has 0 radical (unpaired) electrons. The van der Waals surface area contributed by atoms with E-state index in [1.807, 2.05) is 36.4 Å². The lowest BCUT2D eigenvalue weighted by Crippen LogP contribution is -2.42. The molecular weight excluding hydrogens is 304 g/mol. The normalized spacial score (nSPS) is 15.7. The van der Waals surface area contributed by atoms with Crippen LogP contribution in [0.4, 0.5) is 5.69 Å². The Hall–Kier alpha value is -2.37. The molecule has 2 aromatic rings. The van der Waals surface area contributed by atoms with E-state index in [9.17, 15) is 4.79 Å². The Morgan fingerprint density at radius 1 is 1.12 bits per heavy atom. The lowest BCUT2D eigenvalue weighted by Gasteiger charge is -2.29. The molecule has 3 rings (SSSR count). The highest BCUT2D eigenvalue weighted by Crippen LogP contribution is 2.15. The first-order chi connectivity index (χ1) is 11.8. The van der Waals surface area contributed by atoms with Crippen molar-refractivity contribution in [1.82, 2.24) is 4.90 Å². The van der Waals surface area contributed by atoms with Crippen molar-refractivity contribution in [1.29, 1.82) is 0 Å². The van der Waals surface area contributed by atoms with Crippen molar-refractivity contribution < 1.29 is 13.9 Å². The molecule has 1 saturated heterocycles. The third-order valence-corrected chi connectivity index (χ3v) is 4.01. The van der Waals surface area contributed by atoms with Crippen LogP contribution in [0.2, 0.25) is 0 Å². The maximum absolute atomic E-state index is 12.7. The van der Waals surface area contributed by atoms with Gasteiger partial charge in [-0.2, -0.15) is 0 Å². The summed E-state index contributed by atoms with van der Waals surface area (Å²) in [6.45, 7) is 4.83. The number of ether oxygens (including phenoxy) is 1. The lowest BCUT2D eigenvalue weighted by molar-refractivity contribution is -0.114. The summed E-state index contributed by atoms with van der Waals surface area (Å²) in [4.78, 5) is 16.8. The highest BCUT2D eigenvalue weighted by atomic mass is 16.5. The minimum absolute atomic E-state index is 0.0501. The van der Waals surface area contributed by atoms with Crippen LogP contribution in [-0.4, -0.2) is 50.2 Å². The molecule has 1 aromatic heterocycles. The maximum atomic E-state index is 12.7. The number of carbonyl (C=O) groups excluding carboxylic acids is 1. The molecule has 0 saturated carbocycles. The van der Waals surface area contributed by atoms with Crippen LogP contribution in [0.1, 0.15) is 5.76 Å². The highest BCUT2D eigenvalue weighted by molar-refractivity contribution is 6.03. The zero-order valence-corrected chi connectivity index (χ0v) is 13.6. The number of anilines is 1. The van der Waals surface area contributed by atoms with Gasteiger partial charge in [0.15, 0.2) is 0 Å². The molecule has 0 spiro atoms. The minimum atomic E-state index is -0.0501. The quantitative estimate of drug-likeness (QED) is 0.766. The topological polar surface area (TPSA) is 45.9 Å². The first kappa shape index (κ1) is 16.5. The number of rotatable bonds is 6. The van der Waals surface area contributed by atoms with Gasteiger partial charge in [-0.15, -0.1) is 0 Å². The van der Waals surface area contributed by atoms with E-state index in [1.165, 1.54) is 0 Å². The third-order valence-electron chi connectivity index (χ3n) is 4.01. The van der Waals surface area contributed by atoms with Crippen LogP contribution in [0.5, 0.6) is 0 Å². The van der Waals surface area contributed by atoms with Crippen molar-refractivity contribution >= 4 is 17.7 Å². The summed E-state index contributed by atoms with van der Waals surface area (Å²) >= 11 is 0. The Labute approximate surface area is 142 Å². The molecule has 1 fully saturated rings. The van der Waals surface area contributed by atoms with Crippen LogP contribution in [0.15, 0.2) is 59.2 Å². The Balaban J connectivity index is 1.68. The van der Waals surface area contributed by atoms with Gasteiger partial charge in [0, 0.05) is 37.9 Å². The summed E-state index contributed by atoms with van der Waals surface area (Å²) in [6, 6.07) is 13.4. The second kappa shape index (κ2) is 8.47. The van der Waals surface area contributed by atoms with Crippen molar-refractivity contribution in [3.05, 3.63) is 60.6 Å². The maximum Gasteiger partial charge on any atom is 0.251 e. The largest absolute Gasteiger partial charge is 0.465 e. The molecule has 5 heteroatoms. The molecular formula is C19H22N2O3. The van der Waals surface area contributed by atoms with E-state index >= 15 is 0 Å². The number of furan rings is 1. The summed E-state index contributed by atoms with van der Waals surface area (Å²) in [5.41, 5.74) is 0.903. The summed E-state index contributed by atoms with van der Waals surface area (Å²) in [5, 5.41) is 0. The summed E-state index contributed by atoms with van der Waals surface area (Å²) in [6.07, 6.45) is 4.86. The van der Waals surface area contributed by atoms with Crippen molar-refractivity contribution in [3.8, 4) is 0 Å². The minimum Gasteiger partial charge on any atom is -0.465 e. The number of carbonyl (C=O) groups is 1. The number of nitrogens with zero attached hydrogens (tertiary/aromatic N) is 2. The van der Waals surface area contributed by atoms with E-state index in [-0.39, 0.29) is 5.91 Å². The summed E-state index contributed by atoms with van der Waals surface area (Å²) in [7, 11) is 0. The van der Waals surface area contributed by atoms with Gasteiger partial charge in [0.05, 0.1) is 19.5 Å². The fourth-order valence-electron chi connectivity index (χ4n) is 2.67. The van der Waals surface area contributed by atoms with E-state index in [4.69, 9.17) is 9.15 Å². The Bertz CT molecular complexity index is 647. The molecule has 24 heavy (non-hydrogen) atoms. The molecule has 126 valence electrons. The number of hydrogen-bond acceptors (Lipinski definition) is 4. The number of benzene rings is 1. The van der Waals surface area contributed by atoms with Crippen LogP contribution >= 0.6 is 0 Å². The molecule has 1 amide bonds. The molecule has 1 aliphatic heterocycles. The van der Waals surface area contributed by atoms with Gasteiger partial charge in [0.25, 0.3) is 5.91 Å². The van der Waals surface area contributed by atoms with Gasteiger partial charge in [-0.3, -0.25) is 9.69 Å². The zero-order chi connectivity index (χ0) is 16.6. The number of amides is 1. The van der Waals surface area contributed by atoms with Gasteiger partial charge >= 0.3 is 0 Å². The van der Waals surface area contributed by atoms with Crippen LogP contribution < -0.4 is 4.90 Å². The molecule has 5 nitrogen and oxygen atoms in total. The van der Waals surface area contributed by atoms with Gasteiger partial charge < -0.3 is 14.1 Å². The SMILES string of the molecule is O=C(/C=C/c1ccco1)N(CCN1CCOCC1)c1ccccc1. The Morgan fingerprint density at radius 3 is 2.62 bits per heavy atom. The summed E-state index contributed by atoms with van der Waals surface area (Å²) < 4.78 is 10.6. The van der Waals surface area contributed by atoms with Crippen molar-refractivity contribution in [3.63, 3.8) is 0 Å². The molecule has 1 aliphatic rings. The van der Waals surface area contributed by atoms with E-state index in [2.05, 4.69) is 4.90 Å². The standard InChI is InChI=1S/C19H22N2O3/c22-19(9-8-18-7-4-14-24-18)21(17-5-2-1-3-6-17)11-10-20-12-15-23-16-13-20/h1-9,14H,10-13,15-16H2/b9-8+. The monoisotopic (exact) mass is 326 g/mol. The van der Waals surface area contributed by atoms with Crippen molar-refractivity contribution in [2.45, 2.75) is 0 Å². The van der Waals surface area contributed by atoms with Gasteiger partial charge in [0.1, 0.15) is 5.76 Å². The summed E-state index contributed by atoms with van der Waals surface area (Å²) in [5.74, 6) is 0.621. The average Bonchev–Trinajstić information content (AvgIpc) is 3.15. The lowest BCUT2D eigenvalue weighted by atomic mass is 10.2. The molecule has 0 aliphatic carbocycles. The van der Waals surface area contributed by atoms with E-state index in [1.54, 1.807) is 29.4 Å². The predicted octanol–water partition coefficient (Wildman–Crippen LogP) is 2.66. The Kier molecular flexibility index (Phi) is 5.82. The first-order valence-electron chi connectivity index (χ1n) is 8.21. The highest BCUT2D eigenvalue weighted by Gasteiger charge is 2.16. The zero-order valence-electron chi connectivity index (χ0n) is 13.6. The van der Waals surface area contributed by atoms with Crippen molar-refractivity contribution in [2.75, 3.05) is 44.3 Å². The van der Waals surface area contributed by atoms with E-state index < -0.39 is 0 Å². The molecule has 0 unspecified atom stereocenters. The van der Waals surface area contributed by atoms with Gasteiger partial charge in [-0.1, -0.05) is 18.2 Å². The number of para-hydroxylation sites is 1. The number of morpholine rings is 1. The van der Waals surface area contributed by atoms with E-state index in [0.29, 0.717) is 12.3 Å². The molecule has 0 bridgehead atoms. The van der Waals surface area contributed by atoms with Crippen LogP contribution in [0.3, 0.4) is 0 Å². The first-order valence-corrected chi connectivity index (χ1v) is 8.21. The Morgan fingerprint density at radius 2 is 1.92 bits per heavy atom. The van der Waals surface area contributed by atoms with Crippen LogP contribution in [0.25, 0.3) is 6.08 Å². The van der Waals surface area contributed by atoms with Crippen LogP contribution in [0, 0.1) is 0 Å². The van der Waals surface area contributed by atoms with Gasteiger partial charge in [-0.05, 0) is 30.3 Å². The molecule has 0 N–H and O–H groups in total. The molecule has 0 atom stereocenters.